The van der Waals surface area contributed by atoms with Crippen LogP contribution >= 0.6 is 0 Å². The minimum Gasteiger partial charge on any atom is -0.444 e. The van der Waals surface area contributed by atoms with Gasteiger partial charge in [0.2, 0.25) is 10.0 Å². The van der Waals surface area contributed by atoms with E-state index in [0.29, 0.717) is 31.0 Å². The number of nitrogens with zero attached hydrogens (tertiary/aromatic N) is 2. The van der Waals surface area contributed by atoms with Crippen LogP contribution in [-0.4, -0.2) is 67.4 Å². The Balaban J connectivity index is 1.92. The molecule has 10 heteroatoms. The Bertz CT molecular complexity index is 833. The molecule has 0 aromatic heterocycles. The van der Waals surface area contributed by atoms with Gasteiger partial charge in [-0.15, -0.1) is 0 Å². The van der Waals surface area contributed by atoms with Crippen LogP contribution in [0.1, 0.15) is 34.6 Å². The molecule has 9 nitrogen and oxygen atoms in total. The molecule has 1 atom stereocenters. The van der Waals surface area contributed by atoms with Crippen molar-refractivity contribution in [2.75, 3.05) is 35.4 Å². The number of sulfonamides is 1. The smallest absolute Gasteiger partial charge is 0.410 e. The Kier molecular flexibility index (Phi) is 6.99. The summed E-state index contributed by atoms with van der Waals surface area (Å²) in [6.45, 7) is 10.0. The number of carbonyl (C=O) groups is 2. The second-order valence-electron chi connectivity index (χ2n) is 7.98. The highest BCUT2D eigenvalue weighted by atomic mass is 32.2. The fourth-order valence-corrected chi connectivity index (χ4v) is 3.46. The fraction of sp³-hybridized carbons (Fsp3) is 0.579. The van der Waals surface area contributed by atoms with Crippen molar-refractivity contribution in [1.82, 2.24) is 9.80 Å². The van der Waals surface area contributed by atoms with Crippen LogP contribution in [0.2, 0.25) is 0 Å². The first-order valence-corrected chi connectivity index (χ1v) is 11.2. The van der Waals surface area contributed by atoms with Crippen LogP contribution in [0.5, 0.6) is 0 Å². The van der Waals surface area contributed by atoms with E-state index in [0.717, 1.165) is 0 Å². The van der Waals surface area contributed by atoms with E-state index in [-0.39, 0.29) is 23.9 Å². The molecule has 162 valence electrons. The van der Waals surface area contributed by atoms with Crippen molar-refractivity contribution in [2.24, 2.45) is 0 Å². The molecular formula is C19H30N4O5S. The molecule has 1 aliphatic rings. The van der Waals surface area contributed by atoms with E-state index in [1.807, 2.05) is 27.7 Å². The lowest BCUT2D eigenvalue weighted by molar-refractivity contribution is 0.0112. The monoisotopic (exact) mass is 426 g/mol. The average Bonchev–Trinajstić information content (AvgIpc) is 2.61. The summed E-state index contributed by atoms with van der Waals surface area (Å²) in [6.07, 6.45) is -0.380. The summed E-state index contributed by atoms with van der Waals surface area (Å²) in [5.74, 6) is -0.0152. The predicted molar refractivity (Wildman–Crippen MR) is 113 cm³/mol. The van der Waals surface area contributed by atoms with Gasteiger partial charge in [-0.2, -0.15) is 0 Å². The van der Waals surface area contributed by atoms with Crippen molar-refractivity contribution < 1.29 is 22.7 Å². The number of urea groups is 1. The van der Waals surface area contributed by atoms with Crippen LogP contribution in [0.4, 0.5) is 21.0 Å². The lowest BCUT2D eigenvalue weighted by Gasteiger charge is -2.40. The summed E-state index contributed by atoms with van der Waals surface area (Å²) < 4.78 is 31.0. The summed E-state index contributed by atoms with van der Waals surface area (Å²) in [7, 11) is -3.34. The minimum absolute atomic E-state index is 0.0152. The number of piperazine rings is 1. The predicted octanol–water partition coefficient (Wildman–Crippen LogP) is 2.92. The van der Waals surface area contributed by atoms with Gasteiger partial charge in [0, 0.05) is 37.1 Å². The lowest BCUT2D eigenvalue weighted by atomic mass is 10.2. The van der Waals surface area contributed by atoms with Crippen molar-refractivity contribution in [3.8, 4) is 0 Å². The number of anilines is 2. The zero-order chi connectivity index (χ0) is 21.8. The molecule has 3 amide bonds. The lowest BCUT2D eigenvalue weighted by Crippen LogP contribution is -2.57. The maximum absolute atomic E-state index is 12.6. The first-order valence-electron chi connectivity index (χ1n) is 9.56. The number of benzene rings is 1. The molecule has 1 saturated heterocycles. The Morgan fingerprint density at radius 1 is 1.14 bits per heavy atom. The highest BCUT2D eigenvalue weighted by Gasteiger charge is 2.32. The van der Waals surface area contributed by atoms with Gasteiger partial charge in [0.1, 0.15) is 5.60 Å². The van der Waals surface area contributed by atoms with E-state index >= 15 is 0 Å². The number of nitrogens with one attached hydrogen (secondary N) is 2. The Morgan fingerprint density at radius 2 is 1.72 bits per heavy atom. The SMILES string of the molecule is CCS(=O)(=O)Nc1ccc(NC(=O)N2CCN(C(=O)OC(C)(C)C)C[C@H]2C)cc1. The van der Waals surface area contributed by atoms with Crippen LogP contribution in [0.3, 0.4) is 0 Å². The third-order valence-corrected chi connectivity index (χ3v) is 5.64. The van der Waals surface area contributed by atoms with E-state index in [9.17, 15) is 18.0 Å². The number of ether oxygens (including phenoxy) is 1. The van der Waals surface area contributed by atoms with Crippen LogP contribution in [0, 0.1) is 0 Å². The molecule has 0 saturated carbocycles. The maximum atomic E-state index is 12.6. The van der Waals surface area contributed by atoms with Crippen LogP contribution < -0.4 is 10.0 Å². The van der Waals surface area contributed by atoms with Gasteiger partial charge in [-0.3, -0.25) is 4.72 Å². The minimum atomic E-state index is -3.34. The average molecular weight is 427 g/mol. The van der Waals surface area contributed by atoms with Crippen molar-refractivity contribution >= 4 is 33.5 Å². The molecule has 1 aromatic rings. The summed E-state index contributed by atoms with van der Waals surface area (Å²) in [5.41, 5.74) is 0.423. The van der Waals surface area contributed by atoms with Gasteiger partial charge in [0.15, 0.2) is 0 Å². The number of amides is 3. The Labute approximate surface area is 172 Å². The second kappa shape index (κ2) is 8.89. The van der Waals surface area contributed by atoms with Gasteiger partial charge in [0.25, 0.3) is 0 Å². The number of hydrogen-bond acceptors (Lipinski definition) is 5. The highest BCUT2D eigenvalue weighted by Crippen LogP contribution is 2.18. The molecule has 0 unspecified atom stereocenters. The largest absolute Gasteiger partial charge is 0.444 e. The van der Waals surface area contributed by atoms with E-state index in [4.69, 9.17) is 4.74 Å². The molecular weight excluding hydrogens is 396 g/mol. The first-order chi connectivity index (χ1) is 13.4. The molecule has 0 bridgehead atoms. The molecule has 2 rings (SSSR count). The topological polar surface area (TPSA) is 108 Å². The summed E-state index contributed by atoms with van der Waals surface area (Å²) >= 11 is 0. The standard InChI is InChI=1S/C19H30N4O5S/c1-6-29(26,27)21-16-9-7-15(8-10-16)20-17(24)23-12-11-22(13-14(23)2)18(25)28-19(3,4)5/h7-10,14,21H,6,11-13H2,1-5H3,(H,20,24)/t14-/m1/s1. The zero-order valence-electron chi connectivity index (χ0n) is 17.6. The molecule has 0 radical (unpaired) electrons. The van der Waals surface area contributed by atoms with E-state index in [2.05, 4.69) is 10.0 Å². The fourth-order valence-electron chi connectivity index (χ4n) is 2.82. The molecule has 2 N–H and O–H groups in total. The molecule has 1 aromatic carbocycles. The van der Waals surface area contributed by atoms with Gasteiger partial charge in [-0.05, 0) is 58.9 Å². The van der Waals surface area contributed by atoms with Crippen molar-refractivity contribution in [2.45, 2.75) is 46.3 Å². The zero-order valence-corrected chi connectivity index (χ0v) is 18.4. The summed E-state index contributed by atoms with van der Waals surface area (Å²) in [4.78, 5) is 28.1. The van der Waals surface area contributed by atoms with Crippen LogP contribution in [0.15, 0.2) is 24.3 Å². The number of rotatable bonds is 4. The van der Waals surface area contributed by atoms with Gasteiger partial charge < -0.3 is 19.9 Å². The first kappa shape index (κ1) is 22.8. The van der Waals surface area contributed by atoms with Gasteiger partial charge in [-0.25, -0.2) is 18.0 Å². The Hall–Kier alpha value is -2.49. The molecule has 1 heterocycles. The van der Waals surface area contributed by atoms with Gasteiger partial charge in [0.05, 0.1) is 5.75 Å². The van der Waals surface area contributed by atoms with Gasteiger partial charge in [-0.1, -0.05) is 0 Å². The third kappa shape index (κ3) is 6.81. The normalized spacial score (nSPS) is 17.6. The number of hydrogen-bond donors (Lipinski definition) is 2. The van der Waals surface area contributed by atoms with Gasteiger partial charge >= 0.3 is 12.1 Å². The summed E-state index contributed by atoms with van der Waals surface area (Å²) in [5, 5.41) is 2.80. The molecule has 29 heavy (non-hydrogen) atoms. The molecule has 1 fully saturated rings. The Morgan fingerprint density at radius 3 is 2.24 bits per heavy atom. The molecule has 1 aliphatic heterocycles. The maximum Gasteiger partial charge on any atom is 0.410 e. The third-order valence-electron chi connectivity index (χ3n) is 4.33. The van der Waals surface area contributed by atoms with Crippen molar-refractivity contribution in [1.29, 1.82) is 0 Å². The van der Waals surface area contributed by atoms with E-state index < -0.39 is 15.6 Å². The van der Waals surface area contributed by atoms with E-state index in [1.165, 1.54) is 0 Å². The van der Waals surface area contributed by atoms with Crippen molar-refractivity contribution in [3.05, 3.63) is 24.3 Å². The molecule has 0 spiro atoms. The quantitative estimate of drug-likeness (QED) is 0.770. The second-order valence-corrected chi connectivity index (χ2v) is 9.99. The number of carbonyl (C=O) groups excluding carboxylic acids is 2. The van der Waals surface area contributed by atoms with Crippen molar-refractivity contribution in [3.63, 3.8) is 0 Å². The van der Waals surface area contributed by atoms with Crippen LogP contribution in [0.25, 0.3) is 0 Å². The molecule has 0 aliphatic carbocycles. The highest BCUT2D eigenvalue weighted by molar-refractivity contribution is 7.92. The van der Waals surface area contributed by atoms with E-state index in [1.54, 1.807) is 41.0 Å². The summed E-state index contributed by atoms with van der Waals surface area (Å²) in [6, 6.07) is 5.99. The van der Waals surface area contributed by atoms with Crippen LogP contribution in [-0.2, 0) is 14.8 Å².